The molecule has 0 saturated carbocycles. The van der Waals surface area contributed by atoms with Gasteiger partial charge in [0.25, 0.3) is 11.8 Å². The van der Waals surface area contributed by atoms with Crippen LogP contribution in [0.5, 0.6) is 0 Å². The quantitative estimate of drug-likeness (QED) is 0.453. The van der Waals surface area contributed by atoms with Crippen molar-refractivity contribution in [1.29, 1.82) is 0 Å². The van der Waals surface area contributed by atoms with Crippen molar-refractivity contribution in [2.75, 3.05) is 5.32 Å². The molecular formula is C22H16Cl2N4O4. The third-order valence-electron chi connectivity index (χ3n) is 5.16. The highest BCUT2D eigenvalue weighted by Gasteiger charge is 2.41. The lowest BCUT2D eigenvalue weighted by Gasteiger charge is -2.21. The van der Waals surface area contributed by atoms with Crippen LogP contribution in [0, 0.1) is 0 Å². The summed E-state index contributed by atoms with van der Waals surface area (Å²) in [4.78, 5) is 55.5. The van der Waals surface area contributed by atoms with E-state index < -0.39 is 23.8 Å². The number of nitrogens with one attached hydrogen (secondary N) is 1. The second-order valence-electron chi connectivity index (χ2n) is 7.23. The van der Waals surface area contributed by atoms with Gasteiger partial charge < -0.3 is 9.88 Å². The van der Waals surface area contributed by atoms with Gasteiger partial charge in [-0.25, -0.2) is 4.98 Å². The zero-order chi connectivity index (χ0) is 23.2. The highest BCUT2D eigenvalue weighted by molar-refractivity contribution is 6.43. The Balaban J connectivity index is 1.48. The SMILES string of the molecule is C[C@@H](C(=O)Nc1ccc(C(=O)c2nccn2C)cc1)N1C(=O)c2cc(Cl)c(Cl)cc2C1=O. The largest absolute Gasteiger partial charge is 0.331 e. The first kappa shape index (κ1) is 21.7. The van der Waals surface area contributed by atoms with E-state index in [9.17, 15) is 19.2 Å². The van der Waals surface area contributed by atoms with Crippen LogP contribution in [0.3, 0.4) is 0 Å². The van der Waals surface area contributed by atoms with Crippen LogP contribution >= 0.6 is 23.2 Å². The van der Waals surface area contributed by atoms with E-state index in [1.165, 1.54) is 25.3 Å². The third kappa shape index (κ3) is 3.68. The zero-order valence-corrected chi connectivity index (χ0v) is 18.4. The number of imidazole rings is 1. The van der Waals surface area contributed by atoms with E-state index in [-0.39, 0.29) is 27.0 Å². The molecule has 3 amide bonds. The maximum atomic E-state index is 12.7. The molecule has 10 heteroatoms. The number of anilines is 1. The number of halogens is 2. The molecule has 2 heterocycles. The fourth-order valence-electron chi connectivity index (χ4n) is 3.39. The average molecular weight is 471 g/mol. The summed E-state index contributed by atoms with van der Waals surface area (Å²) in [7, 11) is 1.72. The first-order valence-electron chi connectivity index (χ1n) is 9.49. The number of rotatable bonds is 5. The highest BCUT2D eigenvalue weighted by atomic mass is 35.5. The first-order chi connectivity index (χ1) is 15.2. The number of aryl methyl sites for hydroxylation is 1. The van der Waals surface area contributed by atoms with E-state index in [0.29, 0.717) is 17.1 Å². The van der Waals surface area contributed by atoms with Gasteiger partial charge in [-0.15, -0.1) is 0 Å². The maximum absolute atomic E-state index is 12.7. The molecule has 1 aromatic heterocycles. The van der Waals surface area contributed by atoms with Crippen molar-refractivity contribution in [1.82, 2.24) is 14.5 Å². The minimum Gasteiger partial charge on any atom is -0.331 e. The topological polar surface area (TPSA) is 101 Å². The molecule has 0 saturated heterocycles. The number of hydrogen-bond donors (Lipinski definition) is 1. The minimum atomic E-state index is -1.09. The Bertz CT molecular complexity index is 1240. The Hall–Kier alpha value is -3.49. The second kappa shape index (κ2) is 8.22. The number of amides is 3. The summed E-state index contributed by atoms with van der Waals surface area (Å²) in [6, 6.07) is 7.79. The molecule has 4 rings (SSSR count). The van der Waals surface area contributed by atoms with E-state index in [1.807, 2.05) is 0 Å². The predicted molar refractivity (Wildman–Crippen MR) is 118 cm³/mol. The molecule has 2 aromatic carbocycles. The van der Waals surface area contributed by atoms with E-state index in [1.54, 1.807) is 42.1 Å². The van der Waals surface area contributed by atoms with Crippen LogP contribution in [0.1, 0.15) is 43.8 Å². The zero-order valence-electron chi connectivity index (χ0n) is 16.9. The molecule has 1 aliphatic rings. The number of carbonyl (C=O) groups excluding carboxylic acids is 4. The molecule has 0 bridgehead atoms. The lowest BCUT2D eigenvalue weighted by molar-refractivity contribution is -0.119. The van der Waals surface area contributed by atoms with Crippen LogP contribution in [-0.2, 0) is 11.8 Å². The van der Waals surface area contributed by atoms with Gasteiger partial charge in [0.05, 0.1) is 21.2 Å². The molecule has 8 nitrogen and oxygen atoms in total. The van der Waals surface area contributed by atoms with Gasteiger partial charge in [-0.1, -0.05) is 23.2 Å². The van der Waals surface area contributed by atoms with Gasteiger partial charge >= 0.3 is 0 Å². The van der Waals surface area contributed by atoms with Crippen LogP contribution in [-0.4, -0.2) is 44.0 Å². The van der Waals surface area contributed by atoms with Crippen LogP contribution < -0.4 is 5.32 Å². The molecule has 0 unspecified atom stereocenters. The standard InChI is InChI=1S/C22H16Cl2N4O4/c1-11(28-21(31)14-9-16(23)17(24)10-15(14)22(28)32)20(30)26-13-5-3-12(4-6-13)18(29)19-25-7-8-27(19)2/h3-11H,1-2H3,(H,26,30)/t11-/m0/s1. The van der Waals surface area contributed by atoms with Crippen molar-refractivity contribution in [3.05, 3.63) is 81.4 Å². The van der Waals surface area contributed by atoms with E-state index in [0.717, 1.165) is 4.90 Å². The first-order valence-corrected chi connectivity index (χ1v) is 10.2. The summed E-state index contributed by atoms with van der Waals surface area (Å²) >= 11 is 11.9. The van der Waals surface area contributed by atoms with Crippen LogP contribution in [0.2, 0.25) is 10.0 Å². The molecule has 0 spiro atoms. The van der Waals surface area contributed by atoms with Gasteiger partial charge in [-0.05, 0) is 43.3 Å². The molecule has 1 N–H and O–H groups in total. The summed E-state index contributed by atoms with van der Waals surface area (Å²) in [5, 5.41) is 2.94. The Morgan fingerprint density at radius 1 is 1.00 bits per heavy atom. The lowest BCUT2D eigenvalue weighted by Crippen LogP contribution is -2.45. The van der Waals surface area contributed by atoms with Gasteiger partial charge in [0, 0.05) is 30.7 Å². The summed E-state index contributed by atoms with van der Waals surface area (Å²) in [5.41, 5.74) is 1.00. The Kier molecular flexibility index (Phi) is 5.58. The van der Waals surface area contributed by atoms with E-state index in [2.05, 4.69) is 10.3 Å². The van der Waals surface area contributed by atoms with Crippen molar-refractivity contribution in [2.24, 2.45) is 7.05 Å². The smallest absolute Gasteiger partial charge is 0.262 e. The van der Waals surface area contributed by atoms with Crippen molar-refractivity contribution in [3.8, 4) is 0 Å². The minimum absolute atomic E-state index is 0.0983. The molecular weight excluding hydrogens is 455 g/mol. The number of ketones is 1. The van der Waals surface area contributed by atoms with Crippen molar-refractivity contribution in [3.63, 3.8) is 0 Å². The number of carbonyl (C=O) groups is 4. The second-order valence-corrected chi connectivity index (χ2v) is 8.04. The number of nitrogens with zero attached hydrogens (tertiary/aromatic N) is 3. The van der Waals surface area contributed by atoms with Gasteiger partial charge in [-0.3, -0.25) is 24.1 Å². The molecule has 1 atom stereocenters. The maximum Gasteiger partial charge on any atom is 0.262 e. The number of aromatic nitrogens is 2. The fraction of sp³-hybridized carbons (Fsp3) is 0.136. The summed E-state index contributed by atoms with van der Waals surface area (Å²) in [5.74, 6) is -1.78. The summed E-state index contributed by atoms with van der Waals surface area (Å²) in [6.07, 6.45) is 3.20. The fourth-order valence-corrected chi connectivity index (χ4v) is 3.71. The lowest BCUT2D eigenvalue weighted by atomic mass is 10.1. The third-order valence-corrected chi connectivity index (χ3v) is 5.89. The van der Waals surface area contributed by atoms with Crippen molar-refractivity contribution >= 4 is 52.4 Å². The van der Waals surface area contributed by atoms with Gasteiger partial charge in [0.2, 0.25) is 11.7 Å². The van der Waals surface area contributed by atoms with Crippen LogP contribution in [0.25, 0.3) is 0 Å². The van der Waals surface area contributed by atoms with E-state index in [4.69, 9.17) is 23.2 Å². The number of hydrogen-bond acceptors (Lipinski definition) is 5. The van der Waals surface area contributed by atoms with Gasteiger partial charge in [0.15, 0.2) is 5.82 Å². The number of fused-ring (bicyclic) bond motifs is 1. The summed E-state index contributed by atoms with van der Waals surface area (Å²) in [6.45, 7) is 1.44. The molecule has 162 valence electrons. The molecule has 32 heavy (non-hydrogen) atoms. The highest BCUT2D eigenvalue weighted by Crippen LogP contribution is 2.32. The molecule has 0 radical (unpaired) electrons. The van der Waals surface area contributed by atoms with Crippen LogP contribution in [0.4, 0.5) is 5.69 Å². The van der Waals surface area contributed by atoms with Crippen molar-refractivity contribution < 1.29 is 19.2 Å². The number of imide groups is 1. The normalized spacial score (nSPS) is 13.8. The summed E-state index contributed by atoms with van der Waals surface area (Å²) < 4.78 is 1.61. The van der Waals surface area contributed by atoms with E-state index >= 15 is 0 Å². The monoisotopic (exact) mass is 470 g/mol. The molecule has 0 aliphatic carbocycles. The van der Waals surface area contributed by atoms with Gasteiger partial charge in [-0.2, -0.15) is 0 Å². The Labute approximate surface area is 192 Å². The van der Waals surface area contributed by atoms with Crippen molar-refractivity contribution in [2.45, 2.75) is 13.0 Å². The average Bonchev–Trinajstić information content (AvgIpc) is 3.29. The molecule has 1 aliphatic heterocycles. The van der Waals surface area contributed by atoms with Gasteiger partial charge in [0.1, 0.15) is 6.04 Å². The molecule has 0 fully saturated rings. The number of benzene rings is 2. The Morgan fingerprint density at radius 3 is 2.06 bits per heavy atom. The predicted octanol–water partition coefficient (Wildman–Crippen LogP) is 3.58. The Morgan fingerprint density at radius 2 is 1.56 bits per heavy atom. The van der Waals surface area contributed by atoms with Crippen LogP contribution in [0.15, 0.2) is 48.8 Å². The molecule has 3 aromatic rings.